The van der Waals surface area contributed by atoms with Crippen molar-refractivity contribution >= 4 is 23.6 Å². The molecule has 0 aliphatic rings. The molecule has 8 heteroatoms. The number of hydrogen-bond donors (Lipinski definition) is 2. The Balaban J connectivity index is 0.00000267. The van der Waals surface area contributed by atoms with Crippen molar-refractivity contribution in [3.05, 3.63) is 131 Å². The van der Waals surface area contributed by atoms with Crippen molar-refractivity contribution in [3.63, 3.8) is 0 Å². The molecule has 0 radical (unpaired) electrons. The second kappa shape index (κ2) is 14.9. The van der Waals surface area contributed by atoms with E-state index >= 15 is 0 Å². The third-order valence-electron chi connectivity index (χ3n) is 6.22. The Morgan fingerprint density at radius 1 is 0.487 bits per heavy atom. The first-order chi connectivity index (χ1) is 18.0. The minimum atomic E-state index is -1.07. The van der Waals surface area contributed by atoms with Gasteiger partial charge in [-0.2, -0.15) is 0 Å². The molecule has 4 aromatic carbocycles. The van der Waals surface area contributed by atoms with Gasteiger partial charge in [-0.1, -0.05) is 84.9 Å². The predicted molar refractivity (Wildman–Crippen MR) is 154 cm³/mol. The first kappa shape index (κ1) is 30.6. The maximum atomic E-state index is 11.9. The molecule has 0 heterocycles. The van der Waals surface area contributed by atoms with E-state index in [1.807, 2.05) is 60.7 Å². The molecule has 0 spiro atoms. The fourth-order valence-corrected chi connectivity index (χ4v) is 4.31. The molecule has 0 aliphatic heterocycles. The zero-order valence-corrected chi connectivity index (χ0v) is 21.5. The standard InChI is InChI=1S/C31H30N2O4.2H2O/c34-30(35)32(28-16-12-26(13-17-28)22-24-8-3-1-4-9-24)20-7-21-33(31(36)37)29-18-14-27(15-19-29)23-25-10-5-2-6-11-25;;/h1-6,8-19H,7,20-23H2,(H,34,35)(H,36,37);2*1H2. The summed E-state index contributed by atoms with van der Waals surface area (Å²) in [5, 5.41) is 19.5. The van der Waals surface area contributed by atoms with Crippen LogP contribution in [0.5, 0.6) is 0 Å². The normalized spacial score (nSPS) is 10.1. The maximum absolute atomic E-state index is 11.9. The van der Waals surface area contributed by atoms with Gasteiger partial charge in [0.05, 0.1) is 0 Å². The fourth-order valence-electron chi connectivity index (χ4n) is 4.31. The van der Waals surface area contributed by atoms with E-state index in [9.17, 15) is 19.8 Å². The molecule has 4 rings (SSSR count). The number of anilines is 2. The fraction of sp³-hybridized carbons (Fsp3) is 0.161. The van der Waals surface area contributed by atoms with Gasteiger partial charge in [0, 0.05) is 24.5 Å². The lowest BCUT2D eigenvalue weighted by Crippen LogP contribution is -2.35. The van der Waals surface area contributed by atoms with Gasteiger partial charge in [-0.15, -0.1) is 0 Å². The minimum Gasteiger partial charge on any atom is -0.465 e. The lowest BCUT2D eigenvalue weighted by atomic mass is 10.0. The quantitative estimate of drug-likeness (QED) is 0.287. The Labute approximate surface area is 228 Å². The van der Waals surface area contributed by atoms with Crippen molar-refractivity contribution in [1.29, 1.82) is 0 Å². The van der Waals surface area contributed by atoms with Crippen molar-refractivity contribution < 1.29 is 30.8 Å². The van der Waals surface area contributed by atoms with Gasteiger partial charge < -0.3 is 21.2 Å². The van der Waals surface area contributed by atoms with Crippen LogP contribution in [0.1, 0.15) is 28.7 Å². The molecule has 0 aliphatic carbocycles. The van der Waals surface area contributed by atoms with E-state index < -0.39 is 12.2 Å². The van der Waals surface area contributed by atoms with Crippen LogP contribution in [-0.4, -0.2) is 46.4 Å². The number of nitrogens with zero attached hydrogens (tertiary/aromatic N) is 2. The summed E-state index contributed by atoms with van der Waals surface area (Å²) < 4.78 is 0. The van der Waals surface area contributed by atoms with E-state index in [1.165, 1.54) is 20.9 Å². The lowest BCUT2D eigenvalue weighted by molar-refractivity contribution is 0.201. The summed E-state index contributed by atoms with van der Waals surface area (Å²) in [6, 6.07) is 35.1. The van der Waals surface area contributed by atoms with E-state index in [-0.39, 0.29) is 24.0 Å². The van der Waals surface area contributed by atoms with Crippen LogP contribution < -0.4 is 9.80 Å². The van der Waals surface area contributed by atoms with Crippen molar-refractivity contribution in [2.75, 3.05) is 22.9 Å². The molecular formula is C31H34N2O6. The van der Waals surface area contributed by atoms with Gasteiger partial charge in [-0.05, 0) is 65.8 Å². The molecule has 0 fully saturated rings. The van der Waals surface area contributed by atoms with Gasteiger partial charge in [0.2, 0.25) is 0 Å². The van der Waals surface area contributed by atoms with E-state index in [0.717, 1.165) is 24.0 Å². The molecule has 2 amide bonds. The number of hydrogen-bond acceptors (Lipinski definition) is 2. The Morgan fingerprint density at radius 3 is 1.10 bits per heavy atom. The number of carbonyl (C=O) groups is 2. The van der Waals surface area contributed by atoms with Crippen LogP contribution in [0.4, 0.5) is 21.0 Å². The van der Waals surface area contributed by atoms with Crippen LogP contribution in [0.25, 0.3) is 0 Å². The molecule has 204 valence electrons. The van der Waals surface area contributed by atoms with E-state index in [4.69, 9.17) is 0 Å². The molecule has 0 saturated heterocycles. The van der Waals surface area contributed by atoms with E-state index in [0.29, 0.717) is 17.8 Å². The summed E-state index contributed by atoms with van der Waals surface area (Å²) >= 11 is 0. The van der Waals surface area contributed by atoms with Gasteiger partial charge in [0.15, 0.2) is 0 Å². The molecule has 0 bridgehead atoms. The summed E-state index contributed by atoms with van der Waals surface area (Å²) in [7, 11) is 0. The molecule has 39 heavy (non-hydrogen) atoms. The molecule has 4 aromatic rings. The molecular weight excluding hydrogens is 496 g/mol. The SMILES string of the molecule is O.O.O=C(O)N(CCCN(C(=O)O)c1ccc(Cc2ccccc2)cc1)c1ccc(Cc2ccccc2)cc1. The largest absolute Gasteiger partial charge is 0.465 e. The third-order valence-corrected chi connectivity index (χ3v) is 6.22. The summed E-state index contributed by atoms with van der Waals surface area (Å²) in [6.07, 6.45) is -0.237. The highest BCUT2D eigenvalue weighted by molar-refractivity contribution is 5.87. The molecule has 0 unspecified atom stereocenters. The summed E-state index contributed by atoms with van der Waals surface area (Å²) in [5.41, 5.74) is 5.69. The zero-order chi connectivity index (χ0) is 26.0. The zero-order valence-electron chi connectivity index (χ0n) is 21.5. The van der Waals surface area contributed by atoms with Crippen LogP contribution in [-0.2, 0) is 12.8 Å². The Hall–Kier alpha value is -4.66. The molecule has 6 N–H and O–H groups in total. The van der Waals surface area contributed by atoms with Gasteiger partial charge >= 0.3 is 12.2 Å². The molecule has 0 aromatic heterocycles. The summed E-state index contributed by atoms with van der Waals surface area (Å²) in [4.78, 5) is 26.4. The number of rotatable bonds is 10. The second-order valence-corrected chi connectivity index (χ2v) is 8.88. The van der Waals surface area contributed by atoms with Gasteiger partial charge in [-0.25, -0.2) is 9.59 Å². The van der Waals surface area contributed by atoms with Crippen molar-refractivity contribution in [3.8, 4) is 0 Å². The average Bonchev–Trinajstić information content (AvgIpc) is 2.91. The van der Waals surface area contributed by atoms with Crippen molar-refractivity contribution in [1.82, 2.24) is 0 Å². The highest BCUT2D eigenvalue weighted by atomic mass is 16.4. The van der Waals surface area contributed by atoms with Gasteiger partial charge in [0.1, 0.15) is 0 Å². The van der Waals surface area contributed by atoms with Crippen LogP contribution in [0.2, 0.25) is 0 Å². The average molecular weight is 531 g/mol. The van der Waals surface area contributed by atoms with Crippen molar-refractivity contribution in [2.45, 2.75) is 19.3 Å². The Bertz CT molecular complexity index is 1190. The Morgan fingerprint density at radius 2 is 0.795 bits per heavy atom. The molecule has 0 saturated carbocycles. The van der Waals surface area contributed by atoms with Gasteiger partial charge in [0.25, 0.3) is 0 Å². The summed E-state index contributed by atoms with van der Waals surface area (Å²) in [6.45, 7) is 0.368. The number of carboxylic acid groups (broad SMARTS) is 2. The molecule has 0 atom stereocenters. The maximum Gasteiger partial charge on any atom is 0.411 e. The van der Waals surface area contributed by atoms with E-state index in [1.54, 1.807) is 24.3 Å². The summed E-state index contributed by atoms with van der Waals surface area (Å²) in [5.74, 6) is 0. The second-order valence-electron chi connectivity index (χ2n) is 8.88. The first-order valence-electron chi connectivity index (χ1n) is 12.3. The van der Waals surface area contributed by atoms with Crippen LogP contribution in [0, 0.1) is 0 Å². The minimum absolute atomic E-state index is 0. The lowest BCUT2D eigenvalue weighted by Gasteiger charge is -2.23. The Kier molecular flexibility index (Phi) is 11.7. The first-order valence-corrected chi connectivity index (χ1v) is 12.3. The smallest absolute Gasteiger partial charge is 0.411 e. The van der Waals surface area contributed by atoms with Crippen LogP contribution in [0.15, 0.2) is 109 Å². The number of amides is 2. The van der Waals surface area contributed by atoms with Crippen LogP contribution >= 0.6 is 0 Å². The molecule has 8 nitrogen and oxygen atoms in total. The highest BCUT2D eigenvalue weighted by Crippen LogP contribution is 2.21. The third kappa shape index (κ3) is 8.70. The number of benzene rings is 4. The van der Waals surface area contributed by atoms with E-state index in [2.05, 4.69) is 24.3 Å². The predicted octanol–water partition coefficient (Wildman–Crippen LogP) is 5.28. The van der Waals surface area contributed by atoms with Gasteiger partial charge in [-0.3, -0.25) is 9.80 Å². The van der Waals surface area contributed by atoms with Crippen LogP contribution in [0.3, 0.4) is 0 Å². The van der Waals surface area contributed by atoms with Crippen molar-refractivity contribution in [2.24, 2.45) is 0 Å². The monoisotopic (exact) mass is 530 g/mol. The topological polar surface area (TPSA) is 144 Å². The highest BCUT2D eigenvalue weighted by Gasteiger charge is 2.18.